The van der Waals surface area contributed by atoms with E-state index in [9.17, 15) is 9.90 Å². The van der Waals surface area contributed by atoms with Gasteiger partial charge < -0.3 is 9.84 Å². The van der Waals surface area contributed by atoms with E-state index in [0.717, 1.165) is 25.1 Å². The molecule has 7 heteroatoms. The van der Waals surface area contributed by atoms with Crippen molar-refractivity contribution in [2.45, 2.75) is 32.0 Å². The maximum absolute atomic E-state index is 11.9. The van der Waals surface area contributed by atoms with E-state index in [2.05, 4.69) is 17.0 Å². The normalized spacial score (nSPS) is 20.7. The number of aromatic nitrogens is 2. The van der Waals surface area contributed by atoms with Gasteiger partial charge in [-0.25, -0.2) is 4.79 Å². The van der Waals surface area contributed by atoms with E-state index in [1.54, 1.807) is 0 Å². The van der Waals surface area contributed by atoms with Crippen molar-refractivity contribution in [3.63, 3.8) is 0 Å². The van der Waals surface area contributed by atoms with E-state index in [1.165, 1.54) is 4.57 Å². The number of rotatable bonds is 5. The van der Waals surface area contributed by atoms with Crippen molar-refractivity contribution in [3.05, 3.63) is 40.9 Å². The summed E-state index contributed by atoms with van der Waals surface area (Å²) in [6.45, 7) is 4.95. The molecule has 0 saturated carbocycles. The van der Waals surface area contributed by atoms with Crippen molar-refractivity contribution in [1.29, 1.82) is 0 Å². The molecule has 1 N–H and O–H groups in total. The lowest BCUT2D eigenvalue weighted by atomic mass is 10.2. The molecule has 2 unspecified atom stereocenters. The molecule has 1 aromatic carbocycles. The van der Waals surface area contributed by atoms with Crippen LogP contribution in [0.2, 0.25) is 0 Å². The van der Waals surface area contributed by atoms with Gasteiger partial charge in [-0.1, -0.05) is 35.5 Å². The molecule has 1 fully saturated rings. The van der Waals surface area contributed by atoms with E-state index in [4.69, 9.17) is 9.26 Å². The topological polar surface area (TPSA) is 80.7 Å². The minimum Gasteiger partial charge on any atom is -0.390 e. The first-order valence-electron chi connectivity index (χ1n) is 8.27. The molecule has 0 radical (unpaired) electrons. The molecule has 1 aromatic heterocycles. The molecule has 1 aliphatic heterocycles. The average molecular weight is 333 g/mol. The summed E-state index contributed by atoms with van der Waals surface area (Å²) in [5, 5.41) is 14.3. The van der Waals surface area contributed by atoms with Gasteiger partial charge in [-0.15, -0.1) is 0 Å². The molecule has 0 aliphatic carbocycles. The third-order valence-electron chi connectivity index (χ3n) is 4.38. The molecule has 1 aliphatic rings. The molecular weight excluding hydrogens is 310 g/mol. The van der Waals surface area contributed by atoms with Crippen LogP contribution in [0.3, 0.4) is 0 Å². The summed E-state index contributed by atoms with van der Waals surface area (Å²) in [5.74, 6) is -0.118. The molecule has 2 atom stereocenters. The van der Waals surface area contributed by atoms with Crippen molar-refractivity contribution in [1.82, 2.24) is 14.6 Å². The number of hydrogen-bond acceptors (Lipinski definition) is 6. The van der Waals surface area contributed by atoms with Gasteiger partial charge >= 0.3 is 5.76 Å². The second-order valence-electron chi connectivity index (χ2n) is 6.15. The van der Waals surface area contributed by atoms with Crippen LogP contribution in [-0.4, -0.2) is 58.2 Å². The lowest BCUT2D eigenvalue weighted by Crippen LogP contribution is -2.41. The largest absolute Gasteiger partial charge is 0.441 e. The second kappa shape index (κ2) is 7.74. The number of aliphatic hydroxyl groups is 1. The van der Waals surface area contributed by atoms with Crippen LogP contribution in [0.25, 0.3) is 11.4 Å². The molecule has 0 spiro atoms. The minimum absolute atomic E-state index is 0.149. The van der Waals surface area contributed by atoms with Crippen LogP contribution in [0.1, 0.15) is 13.3 Å². The quantitative estimate of drug-likeness (QED) is 0.878. The Labute approximate surface area is 140 Å². The fourth-order valence-electron chi connectivity index (χ4n) is 2.98. The van der Waals surface area contributed by atoms with Crippen molar-refractivity contribution >= 4 is 0 Å². The number of ether oxygens (including phenoxy) is 1. The highest BCUT2D eigenvalue weighted by atomic mass is 16.5. The van der Waals surface area contributed by atoms with E-state index in [1.807, 2.05) is 30.3 Å². The fourth-order valence-corrected chi connectivity index (χ4v) is 2.98. The summed E-state index contributed by atoms with van der Waals surface area (Å²) in [6, 6.07) is 9.68. The SMILES string of the molecule is CC1CCOCCN1CC(O)Cn1c(-c2ccccc2)noc1=O. The summed E-state index contributed by atoms with van der Waals surface area (Å²) in [7, 11) is 0. The Morgan fingerprint density at radius 3 is 2.88 bits per heavy atom. The first-order chi connectivity index (χ1) is 11.6. The van der Waals surface area contributed by atoms with Crippen LogP contribution >= 0.6 is 0 Å². The molecule has 24 heavy (non-hydrogen) atoms. The van der Waals surface area contributed by atoms with Crippen molar-refractivity contribution in [2.75, 3.05) is 26.3 Å². The van der Waals surface area contributed by atoms with Gasteiger partial charge in [-0.3, -0.25) is 14.0 Å². The number of aliphatic hydroxyl groups excluding tert-OH is 1. The standard InChI is InChI=1S/C17H23N3O4/c1-13-7-9-23-10-8-19(13)11-15(21)12-20-16(18-24-17(20)22)14-5-3-2-4-6-14/h2-6,13,15,21H,7-12H2,1H3. The summed E-state index contributed by atoms with van der Waals surface area (Å²) < 4.78 is 11.7. The smallest absolute Gasteiger partial charge is 0.390 e. The molecule has 1 saturated heterocycles. The van der Waals surface area contributed by atoms with Gasteiger partial charge in [-0.2, -0.15) is 0 Å². The Hall–Kier alpha value is -1.96. The first-order valence-corrected chi connectivity index (χ1v) is 8.27. The number of nitrogens with zero attached hydrogens (tertiary/aromatic N) is 3. The van der Waals surface area contributed by atoms with Crippen LogP contribution < -0.4 is 5.76 Å². The van der Waals surface area contributed by atoms with Crippen LogP contribution in [0.15, 0.2) is 39.6 Å². The van der Waals surface area contributed by atoms with E-state index >= 15 is 0 Å². The van der Waals surface area contributed by atoms with E-state index < -0.39 is 11.9 Å². The summed E-state index contributed by atoms with van der Waals surface area (Å²) in [4.78, 5) is 14.1. The van der Waals surface area contributed by atoms with Gasteiger partial charge in [0.25, 0.3) is 0 Å². The Kier molecular flexibility index (Phi) is 5.44. The van der Waals surface area contributed by atoms with Crippen LogP contribution in [-0.2, 0) is 11.3 Å². The van der Waals surface area contributed by atoms with Crippen molar-refractivity contribution < 1.29 is 14.4 Å². The fraction of sp³-hybridized carbons (Fsp3) is 0.529. The van der Waals surface area contributed by atoms with Gasteiger partial charge in [0.2, 0.25) is 0 Å². The van der Waals surface area contributed by atoms with Crippen LogP contribution in [0.4, 0.5) is 0 Å². The predicted octanol–water partition coefficient (Wildman–Crippen LogP) is 0.975. The minimum atomic E-state index is -0.690. The van der Waals surface area contributed by atoms with Gasteiger partial charge in [0.1, 0.15) is 0 Å². The second-order valence-corrected chi connectivity index (χ2v) is 6.15. The number of β-amino-alcohol motifs (C(OH)–C–C–N with tert-alkyl or cyclic N) is 1. The summed E-state index contributed by atoms with van der Waals surface area (Å²) in [6.07, 6.45) is 0.250. The Morgan fingerprint density at radius 1 is 1.29 bits per heavy atom. The first kappa shape index (κ1) is 16.9. The molecule has 3 rings (SSSR count). The van der Waals surface area contributed by atoms with Gasteiger partial charge in [0.15, 0.2) is 5.82 Å². The molecule has 0 bridgehead atoms. The zero-order chi connectivity index (χ0) is 16.9. The van der Waals surface area contributed by atoms with Gasteiger partial charge in [-0.05, 0) is 13.3 Å². The Bertz CT molecular complexity index is 697. The van der Waals surface area contributed by atoms with Crippen molar-refractivity contribution in [2.24, 2.45) is 0 Å². The average Bonchev–Trinajstić information content (AvgIpc) is 2.82. The zero-order valence-corrected chi connectivity index (χ0v) is 13.8. The molecule has 130 valence electrons. The molecular formula is C17H23N3O4. The Morgan fingerprint density at radius 2 is 2.08 bits per heavy atom. The highest BCUT2D eigenvalue weighted by Crippen LogP contribution is 2.16. The van der Waals surface area contributed by atoms with Crippen LogP contribution in [0.5, 0.6) is 0 Å². The third kappa shape index (κ3) is 3.92. The summed E-state index contributed by atoms with van der Waals surface area (Å²) >= 11 is 0. The molecule has 2 aromatic rings. The van der Waals surface area contributed by atoms with E-state index in [0.29, 0.717) is 25.0 Å². The third-order valence-corrected chi connectivity index (χ3v) is 4.38. The lowest BCUT2D eigenvalue weighted by Gasteiger charge is -2.28. The molecule has 0 amide bonds. The van der Waals surface area contributed by atoms with Gasteiger partial charge in [0, 0.05) is 31.3 Å². The zero-order valence-electron chi connectivity index (χ0n) is 13.8. The predicted molar refractivity (Wildman–Crippen MR) is 88.7 cm³/mol. The van der Waals surface area contributed by atoms with Gasteiger partial charge in [0.05, 0.1) is 19.3 Å². The van der Waals surface area contributed by atoms with Crippen molar-refractivity contribution in [3.8, 4) is 11.4 Å². The maximum Gasteiger partial charge on any atom is 0.441 e. The lowest BCUT2D eigenvalue weighted by molar-refractivity contribution is 0.0765. The maximum atomic E-state index is 11.9. The van der Waals surface area contributed by atoms with E-state index in [-0.39, 0.29) is 6.54 Å². The highest BCUT2D eigenvalue weighted by Gasteiger charge is 2.22. The Balaban J connectivity index is 1.72. The summed E-state index contributed by atoms with van der Waals surface area (Å²) in [5.41, 5.74) is 0.784. The molecule has 7 nitrogen and oxygen atoms in total. The van der Waals surface area contributed by atoms with Crippen LogP contribution in [0, 0.1) is 0 Å². The number of hydrogen-bond donors (Lipinski definition) is 1. The number of benzene rings is 1. The molecule has 2 heterocycles. The highest BCUT2D eigenvalue weighted by molar-refractivity contribution is 5.54. The monoisotopic (exact) mass is 333 g/mol.